The Hall–Kier alpha value is -1.89. The molecule has 0 aliphatic carbocycles. The highest BCUT2D eigenvalue weighted by atomic mass is 35.5. The Morgan fingerprint density at radius 3 is 2.40 bits per heavy atom. The highest BCUT2D eigenvalue weighted by Crippen LogP contribution is 2.17. The van der Waals surface area contributed by atoms with Gasteiger partial charge in [-0.25, -0.2) is 8.42 Å². The Morgan fingerprint density at radius 1 is 1.00 bits per heavy atom. The van der Waals surface area contributed by atoms with Crippen molar-refractivity contribution in [1.29, 1.82) is 0 Å². The fraction of sp³-hybridized carbons (Fsp3) is 0.278. The Morgan fingerprint density at radius 2 is 1.72 bits per heavy atom. The number of sulfone groups is 1. The van der Waals surface area contributed by atoms with E-state index in [2.05, 4.69) is 10.6 Å². The van der Waals surface area contributed by atoms with Gasteiger partial charge in [0, 0.05) is 18.7 Å². The van der Waals surface area contributed by atoms with Crippen molar-refractivity contribution in [2.24, 2.45) is 0 Å². The molecule has 2 aromatic rings. The maximum Gasteiger partial charge on any atom is 0.251 e. The first-order chi connectivity index (χ1) is 11.5. The molecule has 2 N–H and O–H groups in total. The normalized spacial score (nSPS) is 10.8. The standard InChI is InChI=1S/C18H22N2O3S.ClH/c1-2-19-11-12-20-18(21)16-9-6-10-17(13-16)24(22,23)14-15-7-4-3-5-8-15;/h3-10,13,19H,2,11-12,14H2,1H3,(H,20,21);1H. The van der Waals surface area contributed by atoms with E-state index >= 15 is 0 Å². The first-order valence-corrected chi connectivity index (χ1v) is 9.54. The van der Waals surface area contributed by atoms with E-state index in [9.17, 15) is 13.2 Å². The molecule has 0 aliphatic rings. The molecule has 0 saturated carbocycles. The molecule has 2 aromatic carbocycles. The lowest BCUT2D eigenvalue weighted by Gasteiger charge is -2.08. The summed E-state index contributed by atoms with van der Waals surface area (Å²) in [6, 6.07) is 15.2. The predicted molar refractivity (Wildman–Crippen MR) is 102 cm³/mol. The van der Waals surface area contributed by atoms with E-state index in [4.69, 9.17) is 0 Å². The van der Waals surface area contributed by atoms with Gasteiger partial charge in [-0.15, -0.1) is 12.4 Å². The van der Waals surface area contributed by atoms with E-state index < -0.39 is 9.84 Å². The summed E-state index contributed by atoms with van der Waals surface area (Å²) in [5, 5.41) is 5.87. The van der Waals surface area contributed by atoms with Crippen LogP contribution < -0.4 is 10.6 Å². The molecule has 5 nitrogen and oxygen atoms in total. The molecule has 7 heteroatoms. The van der Waals surface area contributed by atoms with Gasteiger partial charge in [-0.1, -0.05) is 43.3 Å². The Bertz CT molecular complexity index is 780. The molecule has 0 aromatic heterocycles. The number of halogens is 1. The van der Waals surface area contributed by atoms with Crippen molar-refractivity contribution in [2.45, 2.75) is 17.6 Å². The molecule has 25 heavy (non-hydrogen) atoms. The summed E-state index contributed by atoms with van der Waals surface area (Å²) in [5.74, 6) is -0.357. The fourth-order valence-electron chi connectivity index (χ4n) is 2.25. The Balaban J connectivity index is 0.00000312. The molecule has 0 bridgehead atoms. The van der Waals surface area contributed by atoms with Crippen molar-refractivity contribution in [3.63, 3.8) is 0 Å². The number of hydrogen-bond donors (Lipinski definition) is 2. The summed E-state index contributed by atoms with van der Waals surface area (Å²) in [5.41, 5.74) is 1.07. The zero-order valence-corrected chi connectivity index (χ0v) is 15.7. The maximum absolute atomic E-state index is 12.5. The second-order valence-electron chi connectivity index (χ2n) is 5.38. The lowest BCUT2D eigenvalue weighted by atomic mass is 10.2. The average molecular weight is 383 g/mol. The van der Waals surface area contributed by atoms with Crippen molar-refractivity contribution in [1.82, 2.24) is 10.6 Å². The van der Waals surface area contributed by atoms with Crippen molar-refractivity contribution in [3.8, 4) is 0 Å². The topological polar surface area (TPSA) is 75.3 Å². The van der Waals surface area contributed by atoms with Crippen LogP contribution in [0.4, 0.5) is 0 Å². The van der Waals surface area contributed by atoms with Gasteiger partial charge < -0.3 is 10.6 Å². The second kappa shape index (κ2) is 10.2. The number of rotatable bonds is 8. The number of carbonyl (C=O) groups excluding carboxylic acids is 1. The average Bonchev–Trinajstić information content (AvgIpc) is 2.59. The smallest absolute Gasteiger partial charge is 0.251 e. The monoisotopic (exact) mass is 382 g/mol. The van der Waals surface area contributed by atoms with E-state index in [-0.39, 0.29) is 29.0 Å². The molecule has 0 radical (unpaired) electrons. The molecule has 0 unspecified atom stereocenters. The third kappa shape index (κ3) is 6.49. The highest BCUT2D eigenvalue weighted by Gasteiger charge is 2.17. The summed E-state index contributed by atoms with van der Waals surface area (Å²) in [6.07, 6.45) is 0. The largest absolute Gasteiger partial charge is 0.351 e. The van der Waals surface area contributed by atoms with Crippen LogP contribution in [0.2, 0.25) is 0 Å². The number of hydrogen-bond acceptors (Lipinski definition) is 4. The Kier molecular flexibility index (Phi) is 8.61. The minimum atomic E-state index is -3.49. The molecule has 2 rings (SSSR count). The number of amides is 1. The van der Waals surface area contributed by atoms with E-state index in [1.807, 2.05) is 13.0 Å². The minimum Gasteiger partial charge on any atom is -0.351 e. The molecule has 0 aliphatic heterocycles. The third-order valence-electron chi connectivity index (χ3n) is 3.49. The molecule has 0 atom stereocenters. The molecule has 0 fully saturated rings. The first kappa shape index (κ1) is 21.2. The summed E-state index contributed by atoms with van der Waals surface area (Å²) in [6.45, 7) is 3.99. The van der Waals surface area contributed by atoms with Gasteiger partial charge >= 0.3 is 0 Å². The van der Waals surface area contributed by atoms with Crippen LogP contribution in [0.15, 0.2) is 59.5 Å². The summed E-state index contributed by atoms with van der Waals surface area (Å²) >= 11 is 0. The van der Waals surface area contributed by atoms with Crippen molar-refractivity contribution < 1.29 is 13.2 Å². The molecular formula is C18H23ClN2O3S. The van der Waals surface area contributed by atoms with E-state index in [0.29, 0.717) is 18.7 Å². The maximum atomic E-state index is 12.5. The van der Waals surface area contributed by atoms with Crippen molar-refractivity contribution in [3.05, 3.63) is 65.7 Å². The van der Waals surface area contributed by atoms with Crippen molar-refractivity contribution >= 4 is 28.2 Å². The predicted octanol–water partition coefficient (Wildman–Crippen LogP) is 2.42. The summed E-state index contributed by atoms with van der Waals surface area (Å²) in [7, 11) is -3.49. The van der Waals surface area contributed by atoms with Crippen LogP contribution in [0.1, 0.15) is 22.8 Å². The van der Waals surface area contributed by atoms with Gasteiger partial charge in [0.05, 0.1) is 10.6 Å². The number of benzene rings is 2. The first-order valence-electron chi connectivity index (χ1n) is 7.88. The van der Waals surface area contributed by atoms with Gasteiger partial charge in [-0.05, 0) is 30.3 Å². The molecule has 0 saturated heterocycles. The number of likely N-dealkylation sites (N-methyl/N-ethyl adjacent to an activating group) is 1. The Labute approximate surface area is 155 Å². The molecule has 0 heterocycles. The van der Waals surface area contributed by atoms with Gasteiger partial charge in [0.1, 0.15) is 0 Å². The van der Waals surface area contributed by atoms with E-state index in [0.717, 1.165) is 12.1 Å². The molecular weight excluding hydrogens is 360 g/mol. The van der Waals surface area contributed by atoms with Crippen LogP contribution in [0.25, 0.3) is 0 Å². The van der Waals surface area contributed by atoms with E-state index in [1.165, 1.54) is 12.1 Å². The van der Waals surface area contributed by atoms with Crippen molar-refractivity contribution in [2.75, 3.05) is 19.6 Å². The van der Waals surface area contributed by atoms with Crippen LogP contribution >= 0.6 is 12.4 Å². The van der Waals surface area contributed by atoms with Gasteiger partial charge in [-0.3, -0.25) is 4.79 Å². The fourth-order valence-corrected chi connectivity index (χ4v) is 3.64. The van der Waals surface area contributed by atoms with Crippen LogP contribution in [-0.2, 0) is 15.6 Å². The van der Waals surface area contributed by atoms with Crippen LogP contribution in [0.3, 0.4) is 0 Å². The molecule has 136 valence electrons. The summed E-state index contributed by atoms with van der Waals surface area (Å²) in [4.78, 5) is 12.3. The van der Waals surface area contributed by atoms with Gasteiger partial charge in [0.25, 0.3) is 5.91 Å². The third-order valence-corrected chi connectivity index (χ3v) is 5.18. The van der Waals surface area contributed by atoms with Crippen LogP contribution in [0.5, 0.6) is 0 Å². The van der Waals surface area contributed by atoms with Gasteiger partial charge in [0.2, 0.25) is 0 Å². The number of nitrogens with one attached hydrogen (secondary N) is 2. The lowest BCUT2D eigenvalue weighted by Crippen LogP contribution is -2.31. The zero-order chi connectivity index (χ0) is 17.4. The van der Waals surface area contributed by atoms with E-state index in [1.54, 1.807) is 36.4 Å². The second-order valence-corrected chi connectivity index (χ2v) is 7.37. The summed E-state index contributed by atoms with van der Waals surface area (Å²) < 4.78 is 25.1. The van der Waals surface area contributed by atoms with Crippen LogP contribution in [-0.4, -0.2) is 34.0 Å². The lowest BCUT2D eigenvalue weighted by molar-refractivity contribution is 0.0953. The molecule has 0 spiro atoms. The number of carbonyl (C=O) groups is 1. The van der Waals surface area contributed by atoms with Gasteiger partial charge in [0.15, 0.2) is 9.84 Å². The highest BCUT2D eigenvalue weighted by molar-refractivity contribution is 7.90. The minimum absolute atomic E-state index is 0. The SMILES string of the molecule is CCNCCNC(=O)c1cccc(S(=O)(=O)Cc2ccccc2)c1.Cl. The van der Waals surface area contributed by atoms with Gasteiger partial charge in [-0.2, -0.15) is 0 Å². The van der Waals surface area contributed by atoms with Crippen LogP contribution in [0, 0.1) is 0 Å². The quantitative estimate of drug-likeness (QED) is 0.687. The molecule has 1 amide bonds. The zero-order valence-electron chi connectivity index (χ0n) is 14.1.